The molecule has 20 heavy (non-hydrogen) atoms. The van der Waals surface area contributed by atoms with Crippen LogP contribution < -0.4 is 5.32 Å². The van der Waals surface area contributed by atoms with Crippen LogP contribution >= 0.6 is 0 Å². The van der Waals surface area contributed by atoms with Gasteiger partial charge in [0.05, 0.1) is 18.8 Å². The van der Waals surface area contributed by atoms with Gasteiger partial charge < -0.3 is 20.1 Å². The summed E-state index contributed by atoms with van der Waals surface area (Å²) in [5.41, 5.74) is -0.571. The lowest BCUT2D eigenvalue weighted by atomic mass is 10.0. The number of hydrogen-bond acceptors (Lipinski definition) is 3. The summed E-state index contributed by atoms with van der Waals surface area (Å²) in [6, 6.07) is 0. The molecule has 0 spiro atoms. The fourth-order valence-electron chi connectivity index (χ4n) is 3.08. The average molecular weight is 283 g/mol. The molecule has 1 aliphatic carbocycles. The van der Waals surface area contributed by atoms with E-state index in [1.165, 1.54) is 0 Å². The van der Waals surface area contributed by atoms with E-state index < -0.39 is 5.60 Å². The zero-order valence-electron chi connectivity index (χ0n) is 12.9. The summed E-state index contributed by atoms with van der Waals surface area (Å²) in [5.74, 6) is 1.50. The van der Waals surface area contributed by atoms with Crippen molar-refractivity contribution in [2.45, 2.75) is 44.6 Å². The number of hydrogen-bond donors (Lipinski definition) is 2. The van der Waals surface area contributed by atoms with E-state index in [-0.39, 0.29) is 0 Å². The molecular formula is C15H29N3O2. The summed E-state index contributed by atoms with van der Waals surface area (Å²) in [5, 5.41) is 13.7. The SMILES string of the molecule is CCNC(=NCC1(O)CCCC1)N(C)CC1CCOC1. The smallest absolute Gasteiger partial charge is 0.193 e. The van der Waals surface area contributed by atoms with Crippen LogP contribution in [0.25, 0.3) is 0 Å². The van der Waals surface area contributed by atoms with Crippen LogP contribution in [-0.2, 0) is 4.74 Å². The molecule has 2 rings (SSSR count). The van der Waals surface area contributed by atoms with Crippen molar-refractivity contribution in [2.75, 3.05) is 39.9 Å². The normalized spacial score (nSPS) is 25.9. The number of aliphatic hydroxyl groups is 1. The van der Waals surface area contributed by atoms with Gasteiger partial charge in [0.25, 0.3) is 0 Å². The van der Waals surface area contributed by atoms with Gasteiger partial charge in [-0.25, -0.2) is 0 Å². The van der Waals surface area contributed by atoms with E-state index in [1.54, 1.807) is 0 Å². The van der Waals surface area contributed by atoms with E-state index in [2.05, 4.69) is 29.2 Å². The topological polar surface area (TPSA) is 57.1 Å². The molecule has 5 nitrogen and oxygen atoms in total. The second-order valence-electron chi connectivity index (χ2n) is 6.21. The van der Waals surface area contributed by atoms with Crippen LogP contribution in [0.3, 0.4) is 0 Å². The lowest BCUT2D eigenvalue weighted by molar-refractivity contribution is 0.0572. The minimum atomic E-state index is -0.571. The molecule has 0 bridgehead atoms. The van der Waals surface area contributed by atoms with Crippen molar-refractivity contribution < 1.29 is 9.84 Å². The van der Waals surface area contributed by atoms with Gasteiger partial charge in [-0.3, -0.25) is 4.99 Å². The Morgan fingerprint density at radius 2 is 2.20 bits per heavy atom. The summed E-state index contributed by atoms with van der Waals surface area (Å²) in [4.78, 5) is 6.82. The Balaban J connectivity index is 1.90. The number of guanidine groups is 1. The molecule has 1 aliphatic heterocycles. The number of aliphatic imine (C=N–C) groups is 1. The lowest BCUT2D eigenvalue weighted by Gasteiger charge is -2.26. The highest BCUT2D eigenvalue weighted by molar-refractivity contribution is 5.79. The lowest BCUT2D eigenvalue weighted by Crippen LogP contribution is -2.42. The molecular weight excluding hydrogens is 254 g/mol. The van der Waals surface area contributed by atoms with Crippen LogP contribution in [0.15, 0.2) is 4.99 Å². The van der Waals surface area contributed by atoms with Crippen LogP contribution in [-0.4, -0.2) is 61.5 Å². The Hall–Kier alpha value is -0.810. The molecule has 1 heterocycles. The summed E-state index contributed by atoms with van der Waals surface area (Å²) in [6.45, 7) is 6.14. The van der Waals surface area contributed by atoms with E-state index in [0.29, 0.717) is 12.5 Å². The van der Waals surface area contributed by atoms with E-state index in [1.807, 2.05) is 0 Å². The van der Waals surface area contributed by atoms with Gasteiger partial charge in [0.15, 0.2) is 5.96 Å². The standard InChI is InChI=1S/C15H29N3O2/c1-3-16-14(17-12-15(19)7-4-5-8-15)18(2)10-13-6-9-20-11-13/h13,19H,3-12H2,1-2H3,(H,16,17). The number of ether oxygens (including phenoxy) is 1. The summed E-state index contributed by atoms with van der Waals surface area (Å²) >= 11 is 0. The maximum absolute atomic E-state index is 10.4. The van der Waals surface area contributed by atoms with Gasteiger partial charge in [0.2, 0.25) is 0 Å². The van der Waals surface area contributed by atoms with Gasteiger partial charge in [0.1, 0.15) is 0 Å². The van der Waals surface area contributed by atoms with E-state index in [4.69, 9.17) is 4.74 Å². The predicted octanol–water partition coefficient (Wildman–Crippen LogP) is 1.23. The van der Waals surface area contributed by atoms with Crippen LogP contribution in [0.4, 0.5) is 0 Å². The van der Waals surface area contributed by atoms with Gasteiger partial charge >= 0.3 is 0 Å². The molecule has 5 heteroatoms. The number of nitrogens with zero attached hydrogens (tertiary/aromatic N) is 2. The number of rotatable bonds is 5. The van der Waals surface area contributed by atoms with Crippen molar-refractivity contribution in [3.8, 4) is 0 Å². The van der Waals surface area contributed by atoms with Gasteiger partial charge in [-0.05, 0) is 26.2 Å². The third-order valence-corrected chi connectivity index (χ3v) is 4.31. The molecule has 0 aromatic carbocycles. The molecule has 0 aromatic rings. The number of nitrogens with one attached hydrogen (secondary N) is 1. The molecule has 0 radical (unpaired) electrons. The molecule has 2 aliphatic rings. The molecule has 0 amide bonds. The van der Waals surface area contributed by atoms with Gasteiger partial charge in [0, 0.05) is 32.7 Å². The highest BCUT2D eigenvalue weighted by Crippen LogP contribution is 2.29. The Morgan fingerprint density at radius 1 is 1.45 bits per heavy atom. The van der Waals surface area contributed by atoms with Crippen molar-refractivity contribution >= 4 is 5.96 Å². The maximum Gasteiger partial charge on any atom is 0.193 e. The Bertz CT molecular complexity index is 321. The summed E-state index contributed by atoms with van der Waals surface area (Å²) in [6.07, 6.45) is 5.15. The van der Waals surface area contributed by atoms with Crippen molar-refractivity contribution in [3.05, 3.63) is 0 Å². The Kier molecular flexibility index (Phi) is 5.66. The Labute approximate surface area is 122 Å². The Morgan fingerprint density at radius 3 is 2.80 bits per heavy atom. The first-order valence-electron chi connectivity index (χ1n) is 7.92. The van der Waals surface area contributed by atoms with Crippen molar-refractivity contribution in [3.63, 3.8) is 0 Å². The van der Waals surface area contributed by atoms with E-state index in [0.717, 1.165) is 64.4 Å². The first-order valence-corrected chi connectivity index (χ1v) is 7.92. The molecule has 1 atom stereocenters. The van der Waals surface area contributed by atoms with Crippen molar-refractivity contribution in [1.29, 1.82) is 0 Å². The van der Waals surface area contributed by atoms with Crippen LogP contribution in [0.1, 0.15) is 39.0 Å². The predicted molar refractivity (Wildman–Crippen MR) is 81.0 cm³/mol. The first-order chi connectivity index (χ1) is 9.63. The van der Waals surface area contributed by atoms with Crippen LogP contribution in [0.5, 0.6) is 0 Å². The first kappa shape index (κ1) is 15.6. The summed E-state index contributed by atoms with van der Waals surface area (Å²) < 4.78 is 5.43. The second-order valence-corrected chi connectivity index (χ2v) is 6.21. The van der Waals surface area contributed by atoms with E-state index >= 15 is 0 Å². The minimum Gasteiger partial charge on any atom is -0.388 e. The van der Waals surface area contributed by atoms with Gasteiger partial charge in [-0.1, -0.05) is 12.8 Å². The van der Waals surface area contributed by atoms with E-state index in [9.17, 15) is 5.11 Å². The van der Waals surface area contributed by atoms with Crippen LogP contribution in [0, 0.1) is 5.92 Å². The zero-order chi connectivity index (χ0) is 14.4. The molecule has 116 valence electrons. The largest absolute Gasteiger partial charge is 0.388 e. The van der Waals surface area contributed by atoms with Crippen molar-refractivity contribution in [1.82, 2.24) is 10.2 Å². The highest BCUT2D eigenvalue weighted by Gasteiger charge is 2.31. The highest BCUT2D eigenvalue weighted by atomic mass is 16.5. The average Bonchev–Trinajstić information content (AvgIpc) is 3.06. The van der Waals surface area contributed by atoms with Crippen LogP contribution in [0.2, 0.25) is 0 Å². The molecule has 1 saturated carbocycles. The fourth-order valence-corrected chi connectivity index (χ4v) is 3.08. The van der Waals surface area contributed by atoms with Gasteiger partial charge in [-0.15, -0.1) is 0 Å². The second kappa shape index (κ2) is 7.27. The summed E-state index contributed by atoms with van der Waals surface area (Å²) in [7, 11) is 2.07. The molecule has 2 fully saturated rings. The molecule has 1 saturated heterocycles. The fraction of sp³-hybridized carbons (Fsp3) is 0.933. The molecule has 1 unspecified atom stereocenters. The minimum absolute atomic E-state index is 0.515. The zero-order valence-corrected chi connectivity index (χ0v) is 12.9. The monoisotopic (exact) mass is 283 g/mol. The third kappa shape index (κ3) is 4.35. The maximum atomic E-state index is 10.4. The molecule has 2 N–H and O–H groups in total. The van der Waals surface area contributed by atoms with Gasteiger partial charge in [-0.2, -0.15) is 0 Å². The quantitative estimate of drug-likeness (QED) is 0.588. The molecule has 0 aromatic heterocycles. The third-order valence-electron chi connectivity index (χ3n) is 4.31. The van der Waals surface area contributed by atoms with Crippen molar-refractivity contribution in [2.24, 2.45) is 10.9 Å².